The summed E-state index contributed by atoms with van der Waals surface area (Å²) >= 11 is 0. The Kier molecular flexibility index (Phi) is 4.49. The molecule has 1 rings (SSSR count). The summed E-state index contributed by atoms with van der Waals surface area (Å²) in [4.78, 5) is 20.3. The summed E-state index contributed by atoms with van der Waals surface area (Å²) in [6, 6.07) is 8.38. The molecule has 1 atom stereocenters. The zero-order valence-corrected chi connectivity index (χ0v) is 9.61. The molecule has 7 heteroatoms. The first-order valence-electron chi connectivity index (χ1n) is 4.65. The van der Waals surface area contributed by atoms with Crippen LogP contribution in [0.3, 0.4) is 0 Å². The van der Waals surface area contributed by atoms with Gasteiger partial charge >= 0.3 is 6.09 Å². The molecular formula is C9H13N2O4P. The Labute approximate surface area is 93.1 Å². The third-order valence-electron chi connectivity index (χ3n) is 1.72. The van der Waals surface area contributed by atoms with Gasteiger partial charge in [-0.3, -0.25) is 4.57 Å². The lowest BCUT2D eigenvalue weighted by atomic mass is 10.3. The highest BCUT2D eigenvalue weighted by Crippen LogP contribution is 2.32. The number of amides is 1. The van der Waals surface area contributed by atoms with E-state index in [1.165, 1.54) is 6.92 Å². The van der Waals surface area contributed by atoms with Crippen molar-refractivity contribution in [2.75, 3.05) is 6.16 Å². The van der Waals surface area contributed by atoms with Gasteiger partial charge in [0.05, 0.1) is 0 Å². The van der Waals surface area contributed by atoms with Crippen LogP contribution in [0.2, 0.25) is 0 Å². The number of ether oxygens (including phenoxy) is 1. The van der Waals surface area contributed by atoms with Crippen molar-refractivity contribution in [3.63, 3.8) is 0 Å². The molecule has 1 amide bonds. The molecule has 16 heavy (non-hydrogen) atoms. The van der Waals surface area contributed by atoms with E-state index in [0.29, 0.717) is 5.75 Å². The number of hydrazine groups is 1. The van der Waals surface area contributed by atoms with Crippen molar-refractivity contribution in [2.45, 2.75) is 6.92 Å². The Hall–Kier alpha value is -1.36. The van der Waals surface area contributed by atoms with E-state index in [1.807, 2.05) is 10.6 Å². The highest BCUT2D eigenvalue weighted by molar-refractivity contribution is 7.55. The molecule has 0 saturated heterocycles. The van der Waals surface area contributed by atoms with Crippen LogP contribution in [0.25, 0.3) is 0 Å². The summed E-state index contributed by atoms with van der Waals surface area (Å²) in [7, 11) is -3.49. The van der Waals surface area contributed by atoms with Gasteiger partial charge in [0.1, 0.15) is 5.75 Å². The van der Waals surface area contributed by atoms with E-state index in [2.05, 4.69) is 0 Å². The van der Waals surface area contributed by atoms with Crippen LogP contribution in [-0.2, 0) is 4.57 Å². The molecule has 88 valence electrons. The Morgan fingerprint density at radius 2 is 2.06 bits per heavy atom. The highest BCUT2D eigenvalue weighted by Gasteiger charge is 2.15. The molecule has 3 N–H and O–H groups in total. The quantitative estimate of drug-likeness (QED) is 0.551. The zero-order valence-electron chi connectivity index (χ0n) is 8.71. The molecule has 0 spiro atoms. The number of carbonyl (C=O) groups excluding carboxylic acids is 1. The third-order valence-corrected chi connectivity index (χ3v) is 3.03. The Balaban J connectivity index is 2.41. The van der Waals surface area contributed by atoms with Crippen molar-refractivity contribution in [3.05, 3.63) is 30.3 Å². The van der Waals surface area contributed by atoms with Gasteiger partial charge in [-0.05, 0) is 12.1 Å². The van der Waals surface area contributed by atoms with Gasteiger partial charge in [0.15, 0.2) is 0 Å². The second-order valence-corrected chi connectivity index (χ2v) is 5.22. The van der Waals surface area contributed by atoms with Crippen molar-refractivity contribution < 1.29 is 19.0 Å². The summed E-state index contributed by atoms with van der Waals surface area (Å²) in [5.74, 6) is 0.353. The fourth-order valence-corrected chi connectivity index (χ4v) is 1.26. The summed E-state index contributed by atoms with van der Waals surface area (Å²) < 4.78 is 15.9. The molecule has 0 heterocycles. The van der Waals surface area contributed by atoms with Gasteiger partial charge in [0.2, 0.25) is 0 Å². The van der Waals surface area contributed by atoms with E-state index < -0.39 is 13.6 Å². The minimum Gasteiger partial charge on any atom is -0.409 e. The fraction of sp³-hybridized carbons (Fsp3) is 0.222. The van der Waals surface area contributed by atoms with Crippen LogP contribution in [0.1, 0.15) is 6.92 Å². The largest absolute Gasteiger partial charge is 0.427 e. The Morgan fingerprint density at radius 1 is 1.44 bits per heavy atom. The normalized spacial score (nSPS) is 13.9. The maximum atomic E-state index is 11.1. The van der Waals surface area contributed by atoms with Gasteiger partial charge in [0.25, 0.3) is 7.52 Å². The lowest BCUT2D eigenvalue weighted by molar-refractivity contribution is 0.198. The summed E-state index contributed by atoms with van der Waals surface area (Å²) in [5, 5.41) is 2.02. The van der Waals surface area contributed by atoms with Crippen LogP contribution >= 0.6 is 7.52 Å². The molecule has 0 fully saturated rings. The van der Waals surface area contributed by atoms with Gasteiger partial charge in [-0.25, -0.2) is 10.2 Å². The first-order chi connectivity index (χ1) is 7.53. The Bertz CT molecular complexity index is 396. The molecule has 0 aliphatic heterocycles. The number of benzene rings is 1. The van der Waals surface area contributed by atoms with Crippen LogP contribution in [0, 0.1) is 0 Å². The number of rotatable bonds is 4. The summed E-state index contributed by atoms with van der Waals surface area (Å²) in [6.45, 7) is 1.53. The smallest absolute Gasteiger partial charge is 0.409 e. The molecule has 1 aromatic rings. The molecule has 0 aromatic heterocycles. The fourth-order valence-electron chi connectivity index (χ4n) is 0.833. The van der Waals surface area contributed by atoms with Crippen LogP contribution in [0.15, 0.2) is 30.3 Å². The molecule has 0 radical (unpaired) electrons. The molecule has 6 nitrogen and oxygen atoms in total. The average molecular weight is 244 g/mol. The monoisotopic (exact) mass is 244 g/mol. The second kappa shape index (κ2) is 5.65. The molecule has 0 aliphatic carbocycles. The van der Waals surface area contributed by atoms with Crippen LogP contribution in [-0.4, -0.2) is 17.1 Å². The first kappa shape index (κ1) is 12.7. The van der Waals surface area contributed by atoms with Gasteiger partial charge < -0.3 is 9.63 Å². The predicted molar refractivity (Wildman–Crippen MR) is 59.1 cm³/mol. The van der Waals surface area contributed by atoms with Gasteiger partial charge in [0, 0.05) is 6.16 Å². The molecule has 0 saturated carbocycles. The van der Waals surface area contributed by atoms with E-state index >= 15 is 0 Å². The van der Waals surface area contributed by atoms with Crippen molar-refractivity contribution in [1.82, 2.24) is 10.6 Å². The predicted octanol–water partition coefficient (Wildman–Crippen LogP) is 1.48. The van der Waals surface area contributed by atoms with E-state index in [0.717, 1.165) is 0 Å². The lowest BCUT2D eigenvalue weighted by Crippen LogP contribution is -2.37. The number of hydrogen-bond donors (Lipinski definition) is 3. The minimum atomic E-state index is -3.49. The molecule has 1 unspecified atom stereocenters. The molecule has 0 aliphatic rings. The number of hydrogen-bond acceptors (Lipinski definition) is 3. The lowest BCUT2D eigenvalue weighted by Gasteiger charge is -2.11. The second-order valence-electron chi connectivity index (χ2n) is 2.96. The zero-order chi connectivity index (χ0) is 12.0. The maximum Gasteiger partial charge on any atom is 0.427 e. The van der Waals surface area contributed by atoms with E-state index in [4.69, 9.17) is 9.63 Å². The van der Waals surface area contributed by atoms with E-state index in [-0.39, 0.29) is 6.16 Å². The first-order valence-corrected chi connectivity index (χ1v) is 6.50. The molecule has 1 aromatic carbocycles. The average Bonchev–Trinajstić information content (AvgIpc) is 2.28. The van der Waals surface area contributed by atoms with E-state index in [1.54, 1.807) is 30.3 Å². The van der Waals surface area contributed by atoms with Gasteiger partial charge in [-0.1, -0.05) is 25.1 Å². The SMILES string of the molecule is CCP(=O)(O)NNC(=O)Oc1ccccc1. The number of carbonyl (C=O) groups is 1. The number of nitrogens with one attached hydrogen (secondary N) is 2. The topological polar surface area (TPSA) is 87.7 Å². The maximum absolute atomic E-state index is 11.1. The molecule has 0 bridgehead atoms. The van der Waals surface area contributed by atoms with Crippen molar-refractivity contribution in [1.29, 1.82) is 0 Å². The van der Waals surface area contributed by atoms with Crippen LogP contribution in [0.5, 0.6) is 5.75 Å². The van der Waals surface area contributed by atoms with Crippen LogP contribution < -0.4 is 15.4 Å². The number of para-hydroxylation sites is 1. The van der Waals surface area contributed by atoms with Crippen molar-refractivity contribution in [3.8, 4) is 5.75 Å². The van der Waals surface area contributed by atoms with Crippen molar-refractivity contribution >= 4 is 13.6 Å². The van der Waals surface area contributed by atoms with Crippen molar-refractivity contribution in [2.24, 2.45) is 0 Å². The highest BCUT2D eigenvalue weighted by atomic mass is 31.2. The summed E-state index contributed by atoms with van der Waals surface area (Å²) in [6.07, 6.45) is -0.826. The van der Waals surface area contributed by atoms with Gasteiger partial charge in [-0.2, -0.15) is 5.20 Å². The standard InChI is InChI=1S/C9H13N2O4P/c1-2-16(13,14)11-10-9(12)15-8-6-4-3-5-7-8/h3-7H,2H2,1H3,(H,10,12)(H2,11,13,14). The third kappa shape index (κ3) is 4.44. The minimum absolute atomic E-state index is 0.0125. The van der Waals surface area contributed by atoms with Gasteiger partial charge in [-0.15, -0.1) is 0 Å². The molecular weight excluding hydrogens is 231 g/mol. The van der Waals surface area contributed by atoms with Crippen LogP contribution in [0.4, 0.5) is 4.79 Å². The Morgan fingerprint density at radius 3 is 2.62 bits per heavy atom. The van der Waals surface area contributed by atoms with E-state index in [9.17, 15) is 9.36 Å². The summed E-state index contributed by atoms with van der Waals surface area (Å²) in [5.41, 5.74) is 2.00.